The number of nitrogen functional groups attached to an aromatic ring is 1. The van der Waals surface area contributed by atoms with Gasteiger partial charge in [0, 0.05) is 11.4 Å². The number of hydrogen-bond acceptors (Lipinski definition) is 5. The Labute approximate surface area is 181 Å². The Morgan fingerprint density at radius 1 is 0.710 bits per heavy atom. The number of nitrogens with zero attached hydrogens (tertiary/aromatic N) is 2. The molecule has 3 aromatic rings. The Hall–Kier alpha value is -2.92. The van der Waals surface area contributed by atoms with Gasteiger partial charge in [-0.1, -0.05) is 23.2 Å². The van der Waals surface area contributed by atoms with Gasteiger partial charge in [-0.3, -0.25) is 0 Å². The lowest BCUT2D eigenvalue weighted by molar-refractivity contribution is -0.138. The molecular formula is C18H11Cl2F6N5. The van der Waals surface area contributed by atoms with Crippen LogP contribution in [0.4, 0.5) is 55.0 Å². The first kappa shape index (κ1) is 22.8. The zero-order valence-corrected chi connectivity index (χ0v) is 16.5. The van der Waals surface area contributed by atoms with E-state index in [2.05, 4.69) is 20.6 Å². The highest BCUT2D eigenvalue weighted by molar-refractivity contribution is 6.31. The molecule has 5 nitrogen and oxygen atoms in total. The molecular weight excluding hydrogens is 471 g/mol. The van der Waals surface area contributed by atoms with Crippen LogP contribution in [-0.4, -0.2) is 9.97 Å². The number of hydrogen-bond donors (Lipinski definition) is 3. The maximum absolute atomic E-state index is 13.0. The number of aromatic nitrogens is 2. The van der Waals surface area contributed by atoms with Crippen LogP contribution >= 0.6 is 23.2 Å². The van der Waals surface area contributed by atoms with Crippen LogP contribution in [0.5, 0.6) is 0 Å². The van der Waals surface area contributed by atoms with Crippen molar-refractivity contribution in [3.05, 3.63) is 63.9 Å². The van der Waals surface area contributed by atoms with Crippen LogP contribution in [-0.2, 0) is 12.4 Å². The molecule has 0 amide bonds. The van der Waals surface area contributed by atoms with Crippen molar-refractivity contribution in [2.45, 2.75) is 12.4 Å². The van der Waals surface area contributed by atoms with Gasteiger partial charge < -0.3 is 16.4 Å². The lowest BCUT2D eigenvalue weighted by Gasteiger charge is -2.15. The first-order chi connectivity index (χ1) is 14.4. The molecule has 0 aliphatic heterocycles. The summed E-state index contributed by atoms with van der Waals surface area (Å²) in [7, 11) is 0. The number of nitrogens with one attached hydrogen (secondary N) is 2. The summed E-state index contributed by atoms with van der Waals surface area (Å²) in [6, 6.07) is 6.20. The van der Waals surface area contributed by atoms with E-state index in [-0.39, 0.29) is 28.7 Å². The highest BCUT2D eigenvalue weighted by atomic mass is 35.5. The van der Waals surface area contributed by atoms with Gasteiger partial charge in [0.05, 0.1) is 21.2 Å². The van der Waals surface area contributed by atoms with Crippen LogP contribution in [0.3, 0.4) is 0 Å². The van der Waals surface area contributed by atoms with E-state index in [0.717, 1.165) is 30.6 Å². The molecule has 0 saturated carbocycles. The zero-order valence-electron chi connectivity index (χ0n) is 15.0. The van der Waals surface area contributed by atoms with Crippen molar-refractivity contribution in [3.63, 3.8) is 0 Å². The van der Waals surface area contributed by atoms with E-state index in [9.17, 15) is 26.3 Å². The molecule has 164 valence electrons. The predicted octanol–water partition coefficient (Wildman–Crippen LogP) is 6.89. The van der Waals surface area contributed by atoms with Crippen molar-refractivity contribution < 1.29 is 26.3 Å². The summed E-state index contributed by atoms with van der Waals surface area (Å²) in [5.74, 6) is -0.143. The fourth-order valence-electron chi connectivity index (χ4n) is 2.51. The maximum Gasteiger partial charge on any atom is 0.417 e. The maximum atomic E-state index is 13.0. The SMILES string of the molecule is Nc1c(Nc2ccc(Cl)c(C(F)(F)F)c2)ncnc1Nc1ccc(Cl)c(C(F)(F)F)c1. The van der Waals surface area contributed by atoms with Gasteiger partial charge in [0.1, 0.15) is 12.0 Å². The molecule has 0 aliphatic carbocycles. The van der Waals surface area contributed by atoms with E-state index in [1.165, 1.54) is 12.1 Å². The fraction of sp³-hybridized carbons (Fsp3) is 0.111. The normalized spacial score (nSPS) is 12.0. The average Bonchev–Trinajstić information content (AvgIpc) is 2.66. The molecule has 31 heavy (non-hydrogen) atoms. The molecule has 0 bridgehead atoms. The van der Waals surface area contributed by atoms with E-state index in [0.29, 0.717) is 0 Å². The first-order valence-electron chi connectivity index (χ1n) is 8.24. The van der Waals surface area contributed by atoms with Crippen LogP contribution in [0, 0.1) is 0 Å². The van der Waals surface area contributed by atoms with E-state index >= 15 is 0 Å². The fourth-order valence-corrected chi connectivity index (χ4v) is 2.96. The van der Waals surface area contributed by atoms with Gasteiger partial charge in [0.15, 0.2) is 11.6 Å². The highest BCUT2D eigenvalue weighted by Crippen LogP contribution is 2.39. The Balaban J connectivity index is 1.90. The monoisotopic (exact) mass is 481 g/mol. The number of halogens is 8. The highest BCUT2D eigenvalue weighted by Gasteiger charge is 2.34. The van der Waals surface area contributed by atoms with Crippen LogP contribution in [0.2, 0.25) is 10.0 Å². The molecule has 0 atom stereocenters. The van der Waals surface area contributed by atoms with E-state index in [4.69, 9.17) is 28.9 Å². The molecule has 0 radical (unpaired) electrons. The Morgan fingerprint density at radius 2 is 1.10 bits per heavy atom. The number of benzene rings is 2. The van der Waals surface area contributed by atoms with Gasteiger partial charge in [-0.25, -0.2) is 9.97 Å². The molecule has 13 heteroatoms. The van der Waals surface area contributed by atoms with Crippen LogP contribution in [0.25, 0.3) is 0 Å². The second kappa shape index (κ2) is 8.31. The zero-order chi connectivity index (χ0) is 23.0. The van der Waals surface area contributed by atoms with Crippen molar-refractivity contribution >= 4 is 51.9 Å². The molecule has 0 fully saturated rings. The molecule has 0 unspecified atom stereocenters. The van der Waals surface area contributed by atoms with Gasteiger partial charge in [-0.05, 0) is 36.4 Å². The van der Waals surface area contributed by atoms with Crippen molar-refractivity contribution in [3.8, 4) is 0 Å². The molecule has 4 N–H and O–H groups in total. The first-order valence-corrected chi connectivity index (χ1v) is 9.00. The van der Waals surface area contributed by atoms with E-state index in [1.807, 2.05) is 0 Å². The molecule has 2 aromatic carbocycles. The molecule has 0 aliphatic rings. The summed E-state index contributed by atoms with van der Waals surface area (Å²) in [5, 5.41) is 4.24. The Kier molecular flexibility index (Phi) is 6.10. The number of rotatable bonds is 4. The van der Waals surface area contributed by atoms with Crippen LogP contribution < -0.4 is 16.4 Å². The Bertz CT molecular complexity index is 1030. The third kappa shape index (κ3) is 5.23. The summed E-state index contributed by atoms with van der Waals surface area (Å²) >= 11 is 11.2. The molecule has 3 rings (SSSR count). The number of alkyl halides is 6. The minimum absolute atomic E-state index is 0.0149. The minimum atomic E-state index is -4.68. The molecule has 0 saturated heterocycles. The predicted molar refractivity (Wildman–Crippen MR) is 106 cm³/mol. The smallest absolute Gasteiger partial charge is 0.393 e. The largest absolute Gasteiger partial charge is 0.417 e. The Morgan fingerprint density at radius 3 is 1.45 bits per heavy atom. The molecule has 1 aromatic heterocycles. The minimum Gasteiger partial charge on any atom is -0.393 e. The third-order valence-corrected chi connectivity index (χ3v) is 4.61. The summed E-state index contributed by atoms with van der Waals surface area (Å²) in [5.41, 5.74) is 3.64. The van der Waals surface area contributed by atoms with Crippen molar-refractivity contribution in [1.82, 2.24) is 9.97 Å². The average molecular weight is 482 g/mol. The summed E-state index contributed by atoms with van der Waals surface area (Å²) in [4.78, 5) is 7.72. The van der Waals surface area contributed by atoms with Crippen molar-refractivity contribution in [2.24, 2.45) is 0 Å². The number of anilines is 5. The van der Waals surface area contributed by atoms with Gasteiger partial charge >= 0.3 is 12.4 Å². The third-order valence-electron chi connectivity index (χ3n) is 3.95. The quantitative estimate of drug-likeness (QED) is 0.353. The van der Waals surface area contributed by atoms with E-state index < -0.39 is 33.5 Å². The lowest BCUT2D eigenvalue weighted by atomic mass is 10.2. The summed E-state index contributed by atoms with van der Waals surface area (Å²) < 4.78 is 78.2. The standard InChI is InChI=1S/C18H11Cl2F6N5/c19-12-3-1-8(5-10(12)17(21,22)23)30-15-14(27)16(29-7-28-15)31-9-2-4-13(20)11(6-9)18(24,25)26/h1-7H,27H2,(H2,28,29,30,31). The van der Waals surface area contributed by atoms with Crippen LogP contribution in [0.15, 0.2) is 42.7 Å². The lowest BCUT2D eigenvalue weighted by Crippen LogP contribution is -2.09. The van der Waals surface area contributed by atoms with Gasteiger partial charge in [0.25, 0.3) is 0 Å². The topological polar surface area (TPSA) is 75.9 Å². The van der Waals surface area contributed by atoms with Crippen LogP contribution in [0.1, 0.15) is 11.1 Å². The second-order valence-electron chi connectivity index (χ2n) is 6.12. The molecule has 0 spiro atoms. The summed E-state index contributed by atoms with van der Waals surface area (Å²) in [6.07, 6.45) is -8.32. The van der Waals surface area contributed by atoms with Gasteiger partial charge in [-0.2, -0.15) is 26.3 Å². The molecule has 1 heterocycles. The second-order valence-corrected chi connectivity index (χ2v) is 6.93. The van der Waals surface area contributed by atoms with Crippen molar-refractivity contribution in [2.75, 3.05) is 16.4 Å². The van der Waals surface area contributed by atoms with Gasteiger partial charge in [-0.15, -0.1) is 0 Å². The number of nitrogens with two attached hydrogens (primary N) is 1. The van der Waals surface area contributed by atoms with Gasteiger partial charge in [0.2, 0.25) is 0 Å². The van der Waals surface area contributed by atoms with E-state index in [1.54, 1.807) is 0 Å². The summed E-state index contributed by atoms with van der Waals surface area (Å²) in [6.45, 7) is 0. The van der Waals surface area contributed by atoms with Crippen molar-refractivity contribution in [1.29, 1.82) is 0 Å².